The molecule has 1 heterocycles. The molecule has 0 aliphatic carbocycles. The van der Waals surface area contributed by atoms with Gasteiger partial charge in [-0.15, -0.1) is 10.2 Å². The summed E-state index contributed by atoms with van der Waals surface area (Å²) in [5.74, 6) is 0.819. The van der Waals surface area contributed by atoms with Crippen LogP contribution in [0.1, 0.15) is 23.1 Å². The minimum Gasteiger partial charge on any atom is -0.484 e. The molecule has 3 rings (SSSR count). The maximum absolute atomic E-state index is 11.5. The number of ether oxygens (including phenoxy) is 1. The van der Waals surface area contributed by atoms with Crippen molar-refractivity contribution in [3.05, 3.63) is 69.0 Å². The van der Waals surface area contributed by atoms with Crippen LogP contribution >= 0.6 is 23.4 Å². The first-order valence-electron chi connectivity index (χ1n) is 8.09. The van der Waals surface area contributed by atoms with Crippen molar-refractivity contribution in [1.82, 2.24) is 14.8 Å². The Kier molecular flexibility index (Phi) is 5.96. The van der Waals surface area contributed by atoms with E-state index in [0.29, 0.717) is 26.6 Å². The molecule has 0 aliphatic rings. The van der Waals surface area contributed by atoms with Crippen molar-refractivity contribution in [2.24, 2.45) is 7.05 Å². The normalized spacial score (nSPS) is 10.7. The smallest absolute Gasteiger partial charge is 0.284 e. The summed E-state index contributed by atoms with van der Waals surface area (Å²) in [5.41, 5.74) is 0.123. The van der Waals surface area contributed by atoms with Gasteiger partial charge in [0.05, 0.1) is 14.8 Å². The van der Waals surface area contributed by atoms with Crippen LogP contribution in [0.25, 0.3) is 0 Å². The molecule has 1 aromatic heterocycles. The van der Waals surface area contributed by atoms with Crippen LogP contribution in [-0.4, -0.2) is 25.5 Å². The Morgan fingerprint density at radius 3 is 2.71 bits per heavy atom. The van der Waals surface area contributed by atoms with E-state index >= 15 is 0 Å². The number of hydrogen-bond acceptors (Lipinski definition) is 7. The molecule has 0 saturated heterocycles. The zero-order valence-electron chi connectivity index (χ0n) is 15.0. The number of carbonyl (C=O) groups excluding carboxylic acids is 1. The standard InChI is InChI=1S/C18H15ClN4O4S/c1-11(24)12-7-8-16(14(9-12)23(25)26)28-18-21-20-17(22(18)2)10-27-15-6-4-3-5-13(15)19/h3-9H,10H2,1-2H3. The van der Waals surface area contributed by atoms with Gasteiger partial charge in [-0.3, -0.25) is 14.9 Å². The summed E-state index contributed by atoms with van der Waals surface area (Å²) in [6, 6.07) is 11.4. The minimum absolute atomic E-state index is 0.138. The number of aromatic nitrogens is 3. The summed E-state index contributed by atoms with van der Waals surface area (Å²) in [6.07, 6.45) is 0. The first-order valence-corrected chi connectivity index (χ1v) is 9.29. The van der Waals surface area contributed by atoms with Gasteiger partial charge in [-0.25, -0.2) is 0 Å². The SMILES string of the molecule is CC(=O)c1ccc(Sc2nnc(COc3ccccc3Cl)n2C)c([N+](=O)[O-])c1. The molecule has 0 fully saturated rings. The molecule has 0 radical (unpaired) electrons. The number of carbonyl (C=O) groups is 1. The first kappa shape index (κ1) is 19.8. The van der Waals surface area contributed by atoms with Gasteiger partial charge in [0.25, 0.3) is 5.69 Å². The molecule has 0 aliphatic heterocycles. The average molecular weight is 419 g/mol. The molecule has 0 saturated carbocycles. The lowest BCUT2D eigenvalue weighted by molar-refractivity contribution is -0.387. The van der Waals surface area contributed by atoms with Crippen molar-refractivity contribution in [3.63, 3.8) is 0 Å². The molecular formula is C18H15ClN4O4S. The number of rotatable bonds is 7. The van der Waals surface area contributed by atoms with Crippen LogP contribution in [0, 0.1) is 10.1 Å². The maximum atomic E-state index is 11.5. The summed E-state index contributed by atoms with van der Waals surface area (Å²) in [5, 5.41) is 20.5. The second-order valence-electron chi connectivity index (χ2n) is 5.77. The van der Waals surface area contributed by atoms with E-state index in [4.69, 9.17) is 16.3 Å². The number of ketones is 1. The number of benzene rings is 2. The zero-order valence-corrected chi connectivity index (χ0v) is 16.5. The van der Waals surface area contributed by atoms with E-state index in [0.717, 1.165) is 11.8 Å². The van der Waals surface area contributed by atoms with Crippen molar-refractivity contribution in [1.29, 1.82) is 0 Å². The van der Waals surface area contributed by atoms with Crippen LogP contribution in [0.2, 0.25) is 5.02 Å². The molecular weight excluding hydrogens is 404 g/mol. The van der Waals surface area contributed by atoms with E-state index < -0.39 is 4.92 Å². The fourth-order valence-electron chi connectivity index (χ4n) is 2.33. The summed E-state index contributed by atoms with van der Waals surface area (Å²) in [4.78, 5) is 22.7. The van der Waals surface area contributed by atoms with Crippen LogP contribution < -0.4 is 4.74 Å². The fraction of sp³-hybridized carbons (Fsp3) is 0.167. The lowest BCUT2D eigenvalue weighted by Gasteiger charge is -2.08. The third-order valence-electron chi connectivity index (χ3n) is 3.88. The van der Waals surface area contributed by atoms with Crippen molar-refractivity contribution in [2.75, 3.05) is 0 Å². The van der Waals surface area contributed by atoms with Gasteiger partial charge in [-0.1, -0.05) is 23.7 Å². The van der Waals surface area contributed by atoms with Crippen LogP contribution in [0.15, 0.2) is 52.5 Å². The Balaban J connectivity index is 1.80. The summed E-state index contributed by atoms with van der Waals surface area (Å²) in [7, 11) is 1.74. The molecule has 144 valence electrons. The van der Waals surface area contributed by atoms with Crippen LogP contribution in [-0.2, 0) is 13.7 Å². The lowest BCUT2D eigenvalue weighted by Crippen LogP contribution is -2.04. The van der Waals surface area contributed by atoms with Crippen molar-refractivity contribution < 1.29 is 14.5 Å². The van der Waals surface area contributed by atoms with Gasteiger partial charge in [0.1, 0.15) is 12.4 Å². The Hall–Kier alpha value is -2.91. The molecule has 3 aromatic rings. The number of nitrogens with zero attached hydrogens (tertiary/aromatic N) is 4. The van der Waals surface area contributed by atoms with E-state index in [-0.39, 0.29) is 23.6 Å². The van der Waals surface area contributed by atoms with Gasteiger partial charge < -0.3 is 9.30 Å². The highest BCUT2D eigenvalue weighted by molar-refractivity contribution is 7.99. The van der Waals surface area contributed by atoms with Crippen molar-refractivity contribution in [2.45, 2.75) is 23.6 Å². The molecule has 0 bridgehead atoms. The molecule has 0 spiro atoms. The lowest BCUT2D eigenvalue weighted by atomic mass is 10.1. The van der Waals surface area contributed by atoms with Crippen molar-refractivity contribution >= 4 is 34.8 Å². The predicted molar refractivity (Wildman–Crippen MR) is 104 cm³/mol. The van der Waals surface area contributed by atoms with Gasteiger partial charge in [-0.05, 0) is 43.0 Å². The second-order valence-corrected chi connectivity index (χ2v) is 7.19. The molecule has 8 nitrogen and oxygen atoms in total. The first-order chi connectivity index (χ1) is 13.4. The van der Waals surface area contributed by atoms with Crippen LogP contribution in [0.3, 0.4) is 0 Å². The summed E-state index contributed by atoms with van der Waals surface area (Å²) in [6.45, 7) is 1.50. The Labute approximate surface area is 169 Å². The predicted octanol–water partition coefficient (Wildman–Crippen LogP) is 4.31. The quantitative estimate of drug-likeness (QED) is 0.320. The number of nitro groups is 1. The largest absolute Gasteiger partial charge is 0.484 e. The number of Topliss-reactive ketones (excluding diaryl/α,β-unsaturated/α-hetero) is 1. The molecule has 10 heteroatoms. The maximum Gasteiger partial charge on any atom is 0.284 e. The number of nitro benzene ring substituents is 1. The van der Waals surface area contributed by atoms with E-state index in [2.05, 4.69) is 10.2 Å². The van der Waals surface area contributed by atoms with Crippen molar-refractivity contribution in [3.8, 4) is 5.75 Å². The molecule has 2 aromatic carbocycles. The molecule has 0 N–H and O–H groups in total. The number of hydrogen-bond donors (Lipinski definition) is 0. The van der Waals surface area contributed by atoms with Gasteiger partial charge >= 0.3 is 0 Å². The van der Waals surface area contributed by atoms with E-state index in [1.54, 1.807) is 35.9 Å². The number of halogens is 1. The van der Waals surface area contributed by atoms with Crippen LogP contribution in [0.4, 0.5) is 5.69 Å². The minimum atomic E-state index is -0.521. The highest BCUT2D eigenvalue weighted by Crippen LogP contribution is 2.34. The molecule has 28 heavy (non-hydrogen) atoms. The van der Waals surface area contributed by atoms with E-state index in [1.165, 1.54) is 19.1 Å². The molecule has 0 atom stereocenters. The van der Waals surface area contributed by atoms with Crippen LogP contribution in [0.5, 0.6) is 5.75 Å². The Bertz CT molecular complexity index is 1050. The summed E-state index contributed by atoms with van der Waals surface area (Å²) >= 11 is 7.16. The third-order valence-corrected chi connectivity index (χ3v) is 5.30. The molecule has 0 amide bonds. The Morgan fingerprint density at radius 2 is 2.04 bits per heavy atom. The zero-order chi connectivity index (χ0) is 20.3. The highest BCUT2D eigenvalue weighted by Gasteiger charge is 2.20. The van der Waals surface area contributed by atoms with Gasteiger partial charge in [-0.2, -0.15) is 0 Å². The number of para-hydroxylation sites is 1. The third kappa shape index (κ3) is 4.32. The average Bonchev–Trinajstić information content (AvgIpc) is 3.01. The monoisotopic (exact) mass is 418 g/mol. The Morgan fingerprint density at radius 1 is 1.29 bits per heavy atom. The fourth-order valence-corrected chi connectivity index (χ4v) is 3.41. The van der Waals surface area contributed by atoms with E-state index in [1.807, 2.05) is 6.07 Å². The summed E-state index contributed by atoms with van der Waals surface area (Å²) < 4.78 is 7.35. The molecule has 0 unspecified atom stereocenters. The highest BCUT2D eigenvalue weighted by atomic mass is 35.5. The van der Waals surface area contributed by atoms with Gasteiger partial charge in [0, 0.05) is 18.7 Å². The van der Waals surface area contributed by atoms with E-state index in [9.17, 15) is 14.9 Å². The topological polar surface area (TPSA) is 100 Å². The van der Waals surface area contributed by atoms with Gasteiger partial charge in [0.2, 0.25) is 0 Å². The second kappa shape index (κ2) is 8.41. The van der Waals surface area contributed by atoms with Gasteiger partial charge in [0.15, 0.2) is 16.8 Å².